The Morgan fingerprint density at radius 2 is 1.95 bits per heavy atom. The zero-order chi connectivity index (χ0) is 13.8. The molecule has 1 aromatic heterocycles. The van der Waals surface area contributed by atoms with Crippen LogP contribution in [0.2, 0.25) is 5.15 Å². The number of nitrogens with one attached hydrogen (secondary N) is 1. The predicted molar refractivity (Wildman–Crippen MR) is 77.3 cm³/mol. The summed E-state index contributed by atoms with van der Waals surface area (Å²) in [5.41, 5.74) is 0. The van der Waals surface area contributed by atoms with Crippen molar-refractivity contribution in [2.75, 3.05) is 12.4 Å². The lowest BCUT2D eigenvalue weighted by Crippen LogP contribution is -2.30. The standard InChI is InChI=1S/C14H22ClN3O/c1-9-4-10(2)6-11(5-9)16-13-7-12(15)17-14(18-13)8-19-3/h7,9-11H,4-6,8H2,1-3H3,(H,16,17,18). The minimum absolute atomic E-state index is 0.382. The van der Waals surface area contributed by atoms with E-state index >= 15 is 0 Å². The van der Waals surface area contributed by atoms with Crippen LogP contribution in [0.5, 0.6) is 0 Å². The van der Waals surface area contributed by atoms with Gasteiger partial charge >= 0.3 is 0 Å². The van der Waals surface area contributed by atoms with Crippen molar-refractivity contribution < 1.29 is 4.74 Å². The average molecular weight is 284 g/mol. The van der Waals surface area contributed by atoms with Crippen LogP contribution in [0.1, 0.15) is 38.9 Å². The number of aromatic nitrogens is 2. The third-order valence-electron chi connectivity index (χ3n) is 3.55. The van der Waals surface area contributed by atoms with Crippen LogP contribution in [0.25, 0.3) is 0 Å². The van der Waals surface area contributed by atoms with Crippen molar-refractivity contribution in [3.8, 4) is 0 Å². The molecule has 1 aliphatic carbocycles. The van der Waals surface area contributed by atoms with Gasteiger partial charge in [0.2, 0.25) is 0 Å². The van der Waals surface area contributed by atoms with E-state index in [0.717, 1.165) is 17.7 Å². The van der Waals surface area contributed by atoms with Gasteiger partial charge in [0.25, 0.3) is 0 Å². The second-order valence-electron chi connectivity index (χ2n) is 5.68. The molecule has 2 rings (SSSR count). The molecule has 1 aliphatic rings. The second kappa shape index (κ2) is 6.53. The Morgan fingerprint density at radius 3 is 2.58 bits per heavy atom. The molecule has 0 radical (unpaired) electrons. The molecule has 1 heterocycles. The Labute approximate surface area is 119 Å². The molecule has 2 atom stereocenters. The van der Waals surface area contributed by atoms with Crippen molar-refractivity contribution in [1.29, 1.82) is 0 Å². The van der Waals surface area contributed by atoms with Gasteiger partial charge in [0.1, 0.15) is 17.6 Å². The van der Waals surface area contributed by atoms with Crippen LogP contribution in [-0.4, -0.2) is 23.1 Å². The lowest BCUT2D eigenvalue weighted by molar-refractivity contribution is 0.178. The first-order valence-corrected chi connectivity index (χ1v) is 7.23. The van der Waals surface area contributed by atoms with Gasteiger partial charge in [-0.25, -0.2) is 9.97 Å². The number of hydrogen-bond donors (Lipinski definition) is 1. The highest BCUT2D eigenvalue weighted by Gasteiger charge is 2.24. The molecule has 106 valence electrons. The van der Waals surface area contributed by atoms with E-state index in [1.807, 2.05) is 0 Å². The quantitative estimate of drug-likeness (QED) is 0.859. The molecule has 0 amide bonds. The number of rotatable bonds is 4. The fourth-order valence-electron chi connectivity index (χ4n) is 3.01. The van der Waals surface area contributed by atoms with Gasteiger partial charge in [0.05, 0.1) is 0 Å². The van der Waals surface area contributed by atoms with E-state index in [2.05, 4.69) is 29.1 Å². The van der Waals surface area contributed by atoms with Gasteiger partial charge in [-0.3, -0.25) is 0 Å². The highest BCUT2D eigenvalue weighted by Crippen LogP contribution is 2.30. The third kappa shape index (κ3) is 4.32. The van der Waals surface area contributed by atoms with Crippen molar-refractivity contribution in [3.05, 3.63) is 17.0 Å². The van der Waals surface area contributed by atoms with Gasteiger partial charge in [-0.2, -0.15) is 0 Å². The highest BCUT2D eigenvalue weighted by atomic mass is 35.5. The van der Waals surface area contributed by atoms with Crippen molar-refractivity contribution in [2.45, 2.75) is 45.8 Å². The van der Waals surface area contributed by atoms with Gasteiger partial charge < -0.3 is 10.1 Å². The maximum Gasteiger partial charge on any atom is 0.158 e. The van der Waals surface area contributed by atoms with Crippen molar-refractivity contribution >= 4 is 17.4 Å². The minimum atomic E-state index is 0.382. The summed E-state index contributed by atoms with van der Waals surface area (Å²) in [7, 11) is 1.63. The molecule has 1 saturated carbocycles. The summed E-state index contributed by atoms with van der Waals surface area (Å²) >= 11 is 6.01. The van der Waals surface area contributed by atoms with Crippen LogP contribution >= 0.6 is 11.6 Å². The molecule has 0 bridgehead atoms. The number of hydrogen-bond acceptors (Lipinski definition) is 4. The van der Waals surface area contributed by atoms with Gasteiger partial charge in [-0.1, -0.05) is 25.4 Å². The molecule has 0 saturated heterocycles. The van der Waals surface area contributed by atoms with Crippen LogP contribution in [0, 0.1) is 11.8 Å². The summed E-state index contributed by atoms with van der Waals surface area (Å²) in [6.45, 7) is 5.01. The van der Waals surface area contributed by atoms with E-state index in [1.165, 1.54) is 19.3 Å². The molecular formula is C14H22ClN3O. The molecule has 1 fully saturated rings. The average Bonchev–Trinajstić information content (AvgIpc) is 2.26. The van der Waals surface area contributed by atoms with Gasteiger partial charge in [0, 0.05) is 19.2 Å². The van der Waals surface area contributed by atoms with E-state index < -0.39 is 0 Å². The monoisotopic (exact) mass is 283 g/mol. The zero-order valence-electron chi connectivity index (χ0n) is 11.8. The Kier molecular flexibility index (Phi) is 4.99. The highest BCUT2D eigenvalue weighted by molar-refractivity contribution is 6.29. The molecule has 0 spiro atoms. The number of halogens is 1. The van der Waals surface area contributed by atoms with Crippen LogP contribution in [0.15, 0.2) is 6.07 Å². The van der Waals surface area contributed by atoms with Crippen LogP contribution in [0.3, 0.4) is 0 Å². The third-order valence-corrected chi connectivity index (χ3v) is 3.74. The van der Waals surface area contributed by atoms with E-state index in [0.29, 0.717) is 23.6 Å². The molecular weight excluding hydrogens is 262 g/mol. The van der Waals surface area contributed by atoms with Gasteiger partial charge in [-0.15, -0.1) is 0 Å². The predicted octanol–water partition coefficient (Wildman–Crippen LogP) is 3.51. The normalized spacial score (nSPS) is 27.3. The smallest absolute Gasteiger partial charge is 0.158 e. The van der Waals surface area contributed by atoms with E-state index in [9.17, 15) is 0 Å². The molecule has 0 aliphatic heterocycles. The van der Waals surface area contributed by atoms with E-state index in [1.54, 1.807) is 13.2 Å². The molecule has 1 aromatic rings. The van der Waals surface area contributed by atoms with Crippen molar-refractivity contribution in [2.24, 2.45) is 11.8 Å². The first-order valence-electron chi connectivity index (χ1n) is 6.85. The lowest BCUT2D eigenvalue weighted by atomic mass is 9.80. The summed E-state index contributed by atoms with van der Waals surface area (Å²) < 4.78 is 5.05. The number of methoxy groups -OCH3 is 1. The maximum atomic E-state index is 6.01. The van der Waals surface area contributed by atoms with Gasteiger partial charge in [0.15, 0.2) is 5.82 Å². The lowest BCUT2D eigenvalue weighted by Gasteiger charge is -2.32. The fraction of sp³-hybridized carbons (Fsp3) is 0.714. The summed E-state index contributed by atoms with van der Waals surface area (Å²) in [5.74, 6) is 2.95. The summed E-state index contributed by atoms with van der Waals surface area (Å²) in [4.78, 5) is 8.57. The van der Waals surface area contributed by atoms with E-state index in [-0.39, 0.29) is 0 Å². The fourth-order valence-corrected chi connectivity index (χ4v) is 3.21. The molecule has 19 heavy (non-hydrogen) atoms. The summed E-state index contributed by atoms with van der Waals surface area (Å²) in [6.07, 6.45) is 3.69. The summed E-state index contributed by atoms with van der Waals surface area (Å²) in [6, 6.07) is 2.25. The molecule has 2 unspecified atom stereocenters. The zero-order valence-corrected chi connectivity index (χ0v) is 12.6. The van der Waals surface area contributed by atoms with Gasteiger partial charge in [-0.05, 0) is 31.1 Å². The SMILES string of the molecule is COCc1nc(Cl)cc(NC2CC(C)CC(C)C2)n1. The van der Waals surface area contributed by atoms with Crippen LogP contribution in [0.4, 0.5) is 5.82 Å². The van der Waals surface area contributed by atoms with Crippen LogP contribution < -0.4 is 5.32 Å². The first kappa shape index (κ1) is 14.5. The van der Waals surface area contributed by atoms with Crippen molar-refractivity contribution in [3.63, 3.8) is 0 Å². The Hall–Kier alpha value is -0.870. The number of ether oxygens (including phenoxy) is 1. The molecule has 5 heteroatoms. The number of nitrogens with zero attached hydrogens (tertiary/aromatic N) is 2. The molecule has 1 N–H and O–H groups in total. The first-order chi connectivity index (χ1) is 9.06. The maximum absolute atomic E-state index is 6.01. The largest absolute Gasteiger partial charge is 0.377 e. The Morgan fingerprint density at radius 1 is 1.26 bits per heavy atom. The second-order valence-corrected chi connectivity index (χ2v) is 6.07. The van der Waals surface area contributed by atoms with Crippen molar-refractivity contribution in [1.82, 2.24) is 9.97 Å². The van der Waals surface area contributed by atoms with Crippen LogP contribution in [-0.2, 0) is 11.3 Å². The number of anilines is 1. The van der Waals surface area contributed by atoms with E-state index in [4.69, 9.17) is 16.3 Å². The summed E-state index contributed by atoms with van der Waals surface area (Å²) in [5, 5.41) is 3.95. The minimum Gasteiger partial charge on any atom is -0.377 e. The topological polar surface area (TPSA) is 47.0 Å². The molecule has 0 aromatic carbocycles. The Balaban J connectivity index is 2.05. The molecule has 4 nitrogen and oxygen atoms in total. The Bertz CT molecular complexity index is 417.